The fraction of sp³-hybridized carbons (Fsp3) is 0.143. The zero-order valence-electron chi connectivity index (χ0n) is 5.71. The van der Waals surface area contributed by atoms with Gasteiger partial charge in [0.15, 0.2) is 5.15 Å². The van der Waals surface area contributed by atoms with Crippen molar-refractivity contribution >= 4 is 11.6 Å². The molecule has 0 radical (unpaired) electrons. The van der Waals surface area contributed by atoms with Crippen LogP contribution in [0.25, 0.3) is 0 Å². The Morgan fingerprint density at radius 2 is 2.27 bits per heavy atom. The minimum Gasteiger partial charge on any atom is -0.320 e. The first-order chi connectivity index (χ1) is 5.33. The molecule has 0 spiro atoms. The average molecular weight is 168 g/mol. The lowest BCUT2D eigenvalue weighted by Crippen LogP contribution is -1.94. The van der Waals surface area contributed by atoms with E-state index in [1.165, 1.54) is 0 Å². The number of halogens is 1. The normalized spacial score (nSPS) is 8.55. The van der Waals surface area contributed by atoms with Gasteiger partial charge in [0.1, 0.15) is 5.69 Å². The van der Waals surface area contributed by atoms with E-state index in [0.29, 0.717) is 17.4 Å². The highest BCUT2D eigenvalue weighted by Crippen LogP contribution is 2.00. The molecule has 0 aliphatic carbocycles. The zero-order chi connectivity index (χ0) is 8.10. The van der Waals surface area contributed by atoms with Crippen LogP contribution in [0.2, 0.25) is 5.15 Å². The molecule has 56 valence electrons. The van der Waals surface area contributed by atoms with Crippen molar-refractivity contribution < 1.29 is 0 Å². The number of hydrogen-bond donors (Lipinski definition) is 1. The molecule has 0 fully saturated rings. The molecule has 1 rings (SSSR count). The van der Waals surface area contributed by atoms with Gasteiger partial charge in [0.05, 0.1) is 6.54 Å². The summed E-state index contributed by atoms with van der Waals surface area (Å²) in [5, 5.41) is 7.67. The second kappa shape index (κ2) is 3.91. The molecule has 11 heavy (non-hydrogen) atoms. The van der Waals surface area contributed by atoms with Crippen LogP contribution in [0.3, 0.4) is 0 Å². The number of nitrogens with zero attached hydrogens (tertiary/aromatic N) is 2. The largest absolute Gasteiger partial charge is 0.320 e. The first-order valence-electron chi connectivity index (χ1n) is 3.01. The van der Waals surface area contributed by atoms with Gasteiger partial charge < -0.3 is 5.73 Å². The van der Waals surface area contributed by atoms with Gasteiger partial charge in [-0.2, -0.15) is 0 Å². The summed E-state index contributed by atoms with van der Waals surface area (Å²) in [6.45, 7) is 0.324. The molecule has 0 saturated heterocycles. The number of rotatable bonds is 0. The van der Waals surface area contributed by atoms with E-state index in [4.69, 9.17) is 17.3 Å². The van der Waals surface area contributed by atoms with Crippen molar-refractivity contribution in [3.8, 4) is 11.8 Å². The van der Waals surface area contributed by atoms with Crippen LogP contribution in [-0.2, 0) is 0 Å². The molecule has 2 N–H and O–H groups in total. The lowest BCUT2D eigenvalue weighted by Gasteiger charge is -1.86. The van der Waals surface area contributed by atoms with Crippen LogP contribution >= 0.6 is 11.6 Å². The summed E-state index contributed by atoms with van der Waals surface area (Å²) in [5.41, 5.74) is 5.74. The first kappa shape index (κ1) is 7.99. The Bertz CT molecular complexity index is 283. The van der Waals surface area contributed by atoms with Gasteiger partial charge in [0.25, 0.3) is 0 Å². The average Bonchev–Trinajstić information content (AvgIpc) is 2.04. The van der Waals surface area contributed by atoms with E-state index in [-0.39, 0.29) is 0 Å². The van der Waals surface area contributed by atoms with Crippen molar-refractivity contribution in [2.75, 3.05) is 6.54 Å². The van der Waals surface area contributed by atoms with Gasteiger partial charge in [-0.3, -0.25) is 0 Å². The standard InChI is InChI=1S/C7H6ClN3/c8-7-4-3-6(10-11-7)2-1-5-9/h3-4H,5,9H2. The van der Waals surface area contributed by atoms with Crippen LogP contribution < -0.4 is 5.73 Å². The topological polar surface area (TPSA) is 51.8 Å². The summed E-state index contributed by atoms with van der Waals surface area (Å²) >= 11 is 5.50. The third kappa shape index (κ3) is 2.54. The summed E-state index contributed by atoms with van der Waals surface area (Å²) in [7, 11) is 0. The molecular formula is C7H6ClN3. The highest BCUT2D eigenvalue weighted by Gasteiger charge is 1.88. The van der Waals surface area contributed by atoms with Crippen molar-refractivity contribution in [3.05, 3.63) is 23.0 Å². The fourth-order valence-corrected chi connectivity index (χ4v) is 0.625. The highest BCUT2D eigenvalue weighted by molar-refractivity contribution is 6.29. The molecule has 0 aliphatic heterocycles. The van der Waals surface area contributed by atoms with Gasteiger partial charge in [-0.1, -0.05) is 17.5 Å². The minimum absolute atomic E-state index is 0.324. The maximum absolute atomic E-state index is 5.50. The molecular weight excluding hydrogens is 162 g/mol. The molecule has 0 aromatic carbocycles. The van der Waals surface area contributed by atoms with Crippen molar-refractivity contribution in [1.82, 2.24) is 10.2 Å². The number of nitrogens with two attached hydrogens (primary N) is 1. The Hall–Kier alpha value is -1.11. The quantitative estimate of drug-likeness (QED) is 0.571. The second-order valence-corrected chi connectivity index (χ2v) is 2.13. The Balaban J connectivity index is 2.82. The lowest BCUT2D eigenvalue weighted by molar-refractivity contribution is 1.01. The van der Waals surface area contributed by atoms with Gasteiger partial charge in [0.2, 0.25) is 0 Å². The second-order valence-electron chi connectivity index (χ2n) is 1.75. The van der Waals surface area contributed by atoms with Crippen LogP contribution in [0.4, 0.5) is 0 Å². The summed E-state index contributed by atoms with van der Waals surface area (Å²) in [5.74, 6) is 5.38. The van der Waals surface area contributed by atoms with E-state index < -0.39 is 0 Å². The predicted octanol–water partition coefficient (Wildman–Crippen LogP) is 0.440. The first-order valence-corrected chi connectivity index (χ1v) is 3.39. The SMILES string of the molecule is NCC#Cc1ccc(Cl)nn1. The molecule has 0 aliphatic rings. The van der Waals surface area contributed by atoms with Gasteiger partial charge in [-0.05, 0) is 18.1 Å². The van der Waals surface area contributed by atoms with Crippen LogP contribution in [0, 0.1) is 11.8 Å². The third-order valence-corrected chi connectivity index (χ3v) is 1.15. The molecule has 1 aromatic rings. The third-order valence-electron chi connectivity index (χ3n) is 0.951. The van der Waals surface area contributed by atoms with E-state index in [0.717, 1.165) is 0 Å². The van der Waals surface area contributed by atoms with Crippen molar-refractivity contribution in [3.63, 3.8) is 0 Å². The van der Waals surface area contributed by atoms with E-state index in [1.54, 1.807) is 12.1 Å². The van der Waals surface area contributed by atoms with Crippen LogP contribution in [0.15, 0.2) is 12.1 Å². The van der Waals surface area contributed by atoms with E-state index in [9.17, 15) is 0 Å². The Kier molecular flexibility index (Phi) is 2.84. The molecule has 0 amide bonds. The Morgan fingerprint density at radius 1 is 1.45 bits per heavy atom. The Labute approximate surface area is 69.6 Å². The van der Waals surface area contributed by atoms with Gasteiger partial charge in [-0.25, -0.2) is 0 Å². The predicted molar refractivity (Wildman–Crippen MR) is 43.0 cm³/mol. The smallest absolute Gasteiger partial charge is 0.151 e. The van der Waals surface area contributed by atoms with Crippen LogP contribution in [-0.4, -0.2) is 16.7 Å². The monoisotopic (exact) mass is 167 g/mol. The molecule has 1 aromatic heterocycles. The number of aromatic nitrogens is 2. The van der Waals surface area contributed by atoms with E-state index in [1.807, 2.05) is 0 Å². The van der Waals surface area contributed by atoms with Gasteiger partial charge in [-0.15, -0.1) is 10.2 Å². The van der Waals surface area contributed by atoms with E-state index in [2.05, 4.69) is 22.0 Å². The Morgan fingerprint density at radius 3 is 2.82 bits per heavy atom. The molecule has 0 unspecified atom stereocenters. The number of hydrogen-bond acceptors (Lipinski definition) is 3. The van der Waals surface area contributed by atoms with Crippen molar-refractivity contribution in [1.29, 1.82) is 0 Å². The summed E-state index contributed by atoms with van der Waals surface area (Å²) in [4.78, 5) is 0. The van der Waals surface area contributed by atoms with Crippen LogP contribution in [0.5, 0.6) is 0 Å². The molecule has 3 nitrogen and oxygen atoms in total. The van der Waals surface area contributed by atoms with Gasteiger partial charge in [0, 0.05) is 0 Å². The zero-order valence-corrected chi connectivity index (χ0v) is 6.47. The minimum atomic E-state index is 0.324. The van der Waals surface area contributed by atoms with Crippen LogP contribution in [0.1, 0.15) is 5.69 Å². The molecule has 0 saturated carbocycles. The van der Waals surface area contributed by atoms with Crippen molar-refractivity contribution in [2.24, 2.45) is 5.73 Å². The molecule has 0 atom stereocenters. The fourth-order valence-electron chi connectivity index (χ4n) is 0.524. The lowest BCUT2D eigenvalue weighted by atomic mass is 10.4. The maximum atomic E-state index is 5.50. The summed E-state index contributed by atoms with van der Waals surface area (Å²) in [6, 6.07) is 3.33. The molecule has 1 heterocycles. The molecule has 0 bridgehead atoms. The van der Waals surface area contributed by atoms with Crippen molar-refractivity contribution in [2.45, 2.75) is 0 Å². The maximum Gasteiger partial charge on any atom is 0.151 e. The van der Waals surface area contributed by atoms with E-state index >= 15 is 0 Å². The molecule has 4 heteroatoms. The summed E-state index contributed by atoms with van der Waals surface area (Å²) in [6.07, 6.45) is 0. The highest BCUT2D eigenvalue weighted by atomic mass is 35.5. The van der Waals surface area contributed by atoms with Gasteiger partial charge >= 0.3 is 0 Å². The summed E-state index contributed by atoms with van der Waals surface area (Å²) < 4.78 is 0.